The van der Waals surface area contributed by atoms with Gasteiger partial charge in [0.25, 0.3) is 0 Å². The van der Waals surface area contributed by atoms with Gasteiger partial charge in [0, 0.05) is 71.4 Å². The van der Waals surface area contributed by atoms with Gasteiger partial charge in [0.05, 0.1) is 60.5 Å². The number of cyclic esters (lactones) is 1. The van der Waals surface area contributed by atoms with Crippen LogP contribution in [0.25, 0.3) is 38.8 Å². The molecule has 6 heterocycles. The first-order chi connectivity index (χ1) is 44.2. The maximum Gasteiger partial charge on any atom is 0.318 e. The highest BCUT2D eigenvalue weighted by atomic mass is 16.6. The first-order valence-electron chi connectivity index (χ1n) is 32.9. The summed E-state index contributed by atoms with van der Waals surface area (Å²) in [6.45, 7) is -0.365. The molecule has 0 unspecified atom stereocenters. The predicted octanol–water partition coefficient (Wildman–Crippen LogP) is 9.64. The third kappa shape index (κ3) is 10.1. The van der Waals surface area contributed by atoms with Crippen LogP contribution in [0, 0.1) is 58.7 Å². The minimum Gasteiger partial charge on any atom is -0.508 e. The second-order valence-corrected chi connectivity index (χ2v) is 27.8. The van der Waals surface area contributed by atoms with Crippen molar-refractivity contribution in [2.45, 2.75) is 151 Å². The highest BCUT2D eigenvalue weighted by molar-refractivity contribution is 5.95. The van der Waals surface area contributed by atoms with Crippen molar-refractivity contribution in [1.82, 2.24) is 19.9 Å². The minimum absolute atomic E-state index is 0.0616. The third-order valence-electron chi connectivity index (χ3n) is 23.2. The topological polar surface area (TPSA) is 269 Å². The van der Waals surface area contributed by atoms with Crippen molar-refractivity contribution in [3.05, 3.63) is 131 Å². The Kier molecular flexibility index (Phi) is 15.3. The van der Waals surface area contributed by atoms with E-state index in [1.54, 1.807) is 24.3 Å². The molecule has 91 heavy (non-hydrogen) atoms. The average molecular weight is 1230 g/mol. The molecular weight excluding hydrogens is 1150 g/mol. The number of fused-ring (bicyclic) bond motifs is 19. The van der Waals surface area contributed by atoms with E-state index >= 15 is 4.79 Å². The number of ketones is 1. The van der Waals surface area contributed by atoms with Gasteiger partial charge in [0.15, 0.2) is 23.0 Å². The summed E-state index contributed by atoms with van der Waals surface area (Å²) in [6.07, 6.45) is 8.18. The Hall–Kier alpha value is -7.85. The quantitative estimate of drug-likeness (QED) is 0.0386. The normalized spacial score (nSPS) is 32.2. The van der Waals surface area contributed by atoms with Gasteiger partial charge in [0.2, 0.25) is 0 Å². The van der Waals surface area contributed by atoms with Crippen LogP contribution in [0.2, 0.25) is 0 Å². The number of para-hydroxylation sites is 1. The number of aromatic amines is 2. The SMILES string of the molecule is COc1cc2c(cc1O)C1=C[C@H]3C[C@@]4(C[C@]5(C[C@H]4C=O)N[C@H]4[C@@H](CCC[C@H]4O)[C@@H]4CCc6ccc(O)cc6-c6cc7[nH]ccc7n6[C@@H]45)[C@@H]4C[C@@H](O)CC[C@@H]4[C@H]3[C@@H]2CC(=O)C[C@@H]([C@H](O)Cc2ccc(O)c(OCCO)c2)OC(=O)CC#CCc2c1[nH]c1ccccc21. The number of aromatic hydroxyl groups is 3. The molecular formula is C74H80N4O13. The monoisotopic (exact) mass is 1230 g/mol. The Morgan fingerprint density at radius 3 is 2.56 bits per heavy atom. The van der Waals surface area contributed by atoms with E-state index in [9.17, 15) is 45.3 Å². The van der Waals surface area contributed by atoms with Gasteiger partial charge in [-0.15, -0.1) is 0 Å². The number of ether oxygens (including phenoxy) is 3. The lowest BCUT2D eigenvalue weighted by atomic mass is 9.46. The van der Waals surface area contributed by atoms with Crippen LogP contribution in [-0.4, -0.2) is 125 Å². The molecule has 3 aromatic heterocycles. The smallest absolute Gasteiger partial charge is 0.318 e. The molecule has 474 valence electrons. The van der Waals surface area contributed by atoms with Crippen LogP contribution >= 0.6 is 0 Å². The number of methoxy groups -OCH3 is 1. The number of allylic oxidation sites excluding steroid dienone is 1. The number of aliphatic hydroxyl groups excluding tert-OH is 4. The van der Waals surface area contributed by atoms with Gasteiger partial charge in [-0.3, -0.25) is 9.59 Å². The maximum absolute atomic E-state index is 15.7. The van der Waals surface area contributed by atoms with E-state index < -0.39 is 53.2 Å². The number of esters is 1. The van der Waals surface area contributed by atoms with E-state index in [0.717, 1.165) is 86.8 Å². The van der Waals surface area contributed by atoms with Crippen molar-refractivity contribution in [3.8, 4) is 51.8 Å². The molecule has 17 heteroatoms. The van der Waals surface area contributed by atoms with Crippen LogP contribution in [0.5, 0.6) is 28.7 Å². The number of H-pyrrole nitrogens is 2. The summed E-state index contributed by atoms with van der Waals surface area (Å²) in [5, 5.41) is 85.5. The van der Waals surface area contributed by atoms with Gasteiger partial charge in [-0.2, -0.15) is 0 Å². The number of carbonyl (C=O) groups is 3. The number of piperidine rings is 1. The molecule has 5 aliphatic carbocycles. The van der Waals surface area contributed by atoms with Crippen LogP contribution in [-0.2, 0) is 38.4 Å². The Labute approximate surface area is 527 Å². The second kappa shape index (κ2) is 23.4. The average Bonchev–Trinajstić information content (AvgIpc) is 1.56. The fourth-order valence-corrected chi connectivity index (χ4v) is 19.8. The predicted molar refractivity (Wildman–Crippen MR) is 340 cm³/mol. The number of phenols is 3. The minimum atomic E-state index is -1.40. The molecule has 10 N–H and O–H groups in total. The third-order valence-corrected chi connectivity index (χ3v) is 23.2. The molecule has 8 aliphatic rings. The number of hydrogen-bond acceptors (Lipinski definition) is 14. The number of nitrogens with one attached hydrogen (secondary N) is 3. The zero-order chi connectivity index (χ0) is 62.6. The number of Topliss-reactive ketones (excluding diaryl/α,β-unsaturated/α-hetero) is 1. The highest BCUT2D eigenvalue weighted by Crippen LogP contribution is 2.71. The van der Waals surface area contributed by atoms with Gasteiger partial charge in [-0.25, -0.2) is 0 Å². The Balaban J connectivity index is 0.913. The summed E-state index contributed by atoms with van der Waals surface area (Å²) in [6, 6.07) is 25.8. The van der Waals surface area contributed by atoms with E-state index in [4.69, 9.17) is 14.2 Å². The van der Waals surface area contributed by atoms with Gasteiger partial charge < -0.3 is 74.6 Å². The number of aldehydes is 1. The molecule has 17 nitrogen and oxygen atoms in total. The van der Waals surface area contributed by atoms with E-state index in [-0.39, 0.29) is 127 Å². The van der Waals surface area contributed by atoms with Crippen molar-refractivity contribution in [3.63, 3.8) is 0 Å². The van der Waals surface area contributed by atoms with Crippen LogP contribution in [0.3, 0.4) is 0 Å². The molecule has 15 rings (SSSR count). The van der Waals surface area contributed by atoms with Gasteiger partial charge in [-0.05, 0) is 193 Å². The summed E-state index contributed by atoms with van der Waals surface area (Å²) in [5.74, 6) is 3.76. The number of benzene rings is 4. The number of rotatable bonds is 8. The Morgan fingerprint density at radius 1 is 0.857 bits per heavy atom. The van der Waals surface area contributed by atoms with Crippen molar-refractivity contribution in [2.24, 2.45) is 46.8 Å². The standard InChI is InChI=1S/C74H80N4O13/c1-89-65-33-53-52(32-64(65)87)55-27-41-35-73(38-74(36-42(73)37-80)72-49(48-9-6-11-62(85)71(48)77-74)18-15-40-14-16-43(81)28-51(40)60-34-58-59(78(60)72)21-22-75-58)56-30-44(82)17-19-50(56)69(41)54(53)29-45(83)31-67(63(86)25-39-13-20-61(84)66(26-39)90-24-23-79)91-68(88)12-5-3-8-47-46-7-2-4-10-57(46)76-70(47)55/h2,4,7,10,13-14,16,20-22,26-28,32-34,37,41-42,44,48-50,54,56,62-63,67,69,71-72,75-77,79,81-82,84-87H,6,8-9,11-12,15,17-19,23-25,29-31,35-36,38H2,1H3/t41-,42-,44-,48-,49-,50-,54+,56+,62+,63+,67-,69-,71-,72-,73-,74-/m0/s1. The van der Waals surface area contributed by atoms with Crippen molar-refractivity contribution in [1.29, 1.82) is 0 Å². The van der Waals surface area contributed by atoms with E-state index in [2.05, 4.69) is 56.0 Å². The molecule has 4 saturated carbocycles. The molecule has 0 amide bonds. The van der Waals surface area contributed by atoms with Crippen molar-refractivity contribution >= 4 is 45.5 Å². The molecule has 2 spiro atoms. The van der Waals surface area contributed by atoms with Crippen LogP contribution < -0.4 is 14.8 Å². The lowest BCUT2D eigenvalue weighted by Crippen LogP contribution is -2.68. The lowest BCUT2D eigenvalue weighted by Gasteiger charge is -2.61. The number of hydrogen-bond donors (Lipinski definition) is 10. The number of phenolic OH excluding ortho intramolecular Hbond substituents is 3. The summed E-state index contributed by atoms with van der Waals surface area (Å²) in [5.41, 5.74) is 8.95. The van der Waals surface area contributed by atoms with E-state index in [0.29, 0.717) is 56.1 Å². The molecule has 16 atom stereocenters. The highest BCUT2D eigenvalue weighted by Gasteiger charge is 2.69. The second-order valence-electron chi connectivity index (χ2n) is 27.8. The number of nitrogens with zero attached hydrogens (tertiary/aromatic N) is 1. The zero-order valence-electron chi connectivity index (χ0n) is 51.2. The van der Waals surface area contributed by atoms with Crippen LogP contribution in [0.15, 0.2) is 97.2 Å². The van der Waals surface area contributed by atoms with Crippen LogP contribution in [0.1, 0.15) is 129 Å². The first-order valence-corrected chi connectivity index (χ1v) is 32.9. The molecule has 5 fully saturated rings. The molecule has 2 bridgehead atoms. The van der Waals surface area contributed by atoms with Gasteiger partial charge >= 0.3 is 5.97 Å². The summed E-state index contributed by atoms with van der Waals surface area (Å²) >= 11 is 0. The lowest BCUT2D eigenvalue weighted by molar-refractivity contribution is -0.155. The fourth-order valence-electron chi connectivity index (χ4n) is 19.8. The largest absolute Gasteiger partial charge is 0.508 e. The summed E-state index contributed by atoms with van der Waals surface area (Å²) in [4.78, 5) is 51.9. The Morgan fingerprint density at radius 2 is 1.71 bits per heavy atom. The number of aryl methyl sites for hydroxylation is 1. The summed E-state index contributed by atoms with van der Waals surface area (Å²) in [7, 11) is 1.51. The molecule has 0 radical (unpaired) electrons. The van der Waals surface area contributed by atoms with Crippen molar-refractivity contribution < 1.29 is 64.3 Å². The molecule has 4 aromatic carbocycles. The van der Waals surface area contributed by atoms with Crippen molar-refractivity contribution in [2.75, 3.05) is 20.3 Å². The molecule has 3 aliphatic heterocycles. The Bertz CT molecular complexity index is 4110. The number of aromatic nitrogens is 3. The number of aliphatic hydroxyl groups is 4. The van der Waals surface area contributed by atoms with Gasteiger partial charge in [0.1, 0.15) is 37.0 Å². The van der Waals surface area contributed by atoms with E-state index in [1.165, 1.54) is 19.5 Å². The maximum atomic E-state index is 15.7. The molecule has 7 aromatic rings. The number of carbonyl (C=O) groups excluding carboxylic acids is 3. The van der Waals surface area contributed by atoms with Gasteiger partial charge in [-0.1, -0.05) is 54.7 Å². The van der Waals surface area contributed by atoms with E-state index in [1.807, 2.05) is 42.6 Å². The fraction of sp³-hybridized carbons (Fsp3) is 0.473. The zero-order valence-corrected chi connectivity index (χ0v) is 51.2. The first kappa shape index (κ1) is 59.5. The van der Waals surface area contributed by atoms with Crippen LogP contribution in [0.4, 0.5) is 0 Å². The molecule has 1 saturated heterocycles. The summed E-state index contributed by atoms with van der Waals surface area (Å²) < 4.78 is 20.2.